The average Bonchev–Trinajstić information content (AvgIpc) is 2.36. The summed E-state index contributed by atoms with van der Waals surface area (Å²) in [6, 6.07) is 10.1. The van der Waals surface area contributed by atoms with Crippen molar-refractivity contribution >= 4 is 22.5 Å². The number of rotatable bonds is 5. The molecule has 0 bridgehead atoms. The molecule has 0 atom stereocenters. The molecule has 0 N–H and O–H groups in total. The van der Waals surface area contributed by atoms with Gasteiger partial charge in [0.05, 0.1) is 12.1 Å². The minimum atomic E-state index is 0.558. The highest BCUT2D eigenvalue weighted by molar-refractivity contribution is 6.30. The first-order chi connectivity index (χ1) is 9.33. The van der Waals surface area contributed by atoms with Crippen LogP contribution >= 0.6 is 11.6 Å². The molecule has 2 aromatic rings. The number of ether oxygens (including phenoxy) is 1. The molecule has 3 rings (SSSR count). The highest BCUT2D eigenvalue weighted by Crippen LogP contribution is 2.29. The molecule has 0 unspecified atom stereocenters. The number of pyridine rings is 1. The Morgan fingerprint density at radius 3 is 2.89 bits per heavy atom. The SMILES string of the molecule is Clc1nc2ccccc2cc1COCCC1CCC1. The minimum absolute atomic E-state index is 0.558. The quantitative estimate of drug-likeness (QED) is 0.588. The lowest BCUT2D eigenvalue weighted by Crippen LogP contribution is -2.13. The molecule has 19 heavy (non-hydrogen) atoms. The Hall–Kier alpha value is -1.12. The molecule has 0 saturated heterocycles. The van der Waals surface area contributed by atoms with Crippen LogP contribution < -0.4 is 0 Å². The zero-order valence-electron chi connectivity index (χ0n) is 10.9. The van der Waals surface area contributed by atoms with Gasteiger partial charge in [0.25, 0.3) is 0 Å². The van der Waals surface area contributed by atoms with E-state index in [4.69, 9.17) is 16.3 Å². The summed E-state index contributed by atoms with van der Waals surface area (Å²) < 4.78 is 5.73. The van der Waals surface area contributed by atoms with Crippen molar-refractivity contribution in [2.75, 3.05) is 6.61 Å². The van der Waals surface area contributed by atoms with Crippen molar-refractivity contribution in [2.45, 2.75) is 32.3 Å². The van der Waals surface area contributed by atoms with Crippen molar-refractivity contribution in [2.24, 2.45) is 5.92 Å². The van der Waals surface area contributed by atoms with Gasteiger partial charge in [0.1, 0.15) is 5.15 Å². The van der Waals surface area contributed by atoms with Gasteiger partial charge in [0.15, 0.2) is 0 Å². The zero-order valence-corrected chi connectivity index (χ0v) is 11.7. The van der Waals surface area contributed by atoms with Crippen LogP contribution in [-0.2, 0) is 11.3 Å². The lowest BCUT2D eigenvalue weighted by atomic mass is 9.83. The molecule has 3 heteroatoms. The number of aromatic nitrogens is 1. The molecule has 1 aromatic carbocycles. The van der Waals surface area contributed by atoms with E-state index in [0.717, 1.165) is 29.0 Å². The summed E-state index contributed by atoms with van der Waals surface area (Å²) in [5.41, 5.74) is 1.92. The molecule has 0 radical (unpaired) electrons. The van der Waals surface area contributed by atoms with Crippen LogP contribution in [0.4, 0.5) is 0 Å². The van der Waals surface area contributed by atoms with Crippen LogP contribution in [0, 0.1) is 5.92 Å². The summed E-state index contributed by atoms with van der Waals surface area (Å²) in [5.74, 6) is 0.894. The lowest BCUT2D eigenvalue weighted by molar-refractivity contribution is 0.0949. The van der Waals surface area contributed by atoms with Crippen molar-refractivity contribution in [3.8, 4) is 0 Å². The minimum Gasteiger partial charge on any atom is -0.377 e. The van der Waals surface area contributed by atoms with Crippen LogP contribution in [0.2, 0.25) is 5.15 Å². The van der Waals surface area contributed by atoms with E-state index in [9.17, 15) is 0 Å². The standard InChI is InChI=1S/C16H18ClNO/c17-16-14(11-19-9-8-12-4-3-5-12)10-13-6-1-2-7-15(13)18-16/h1-2,6-7,10,12H,3-5,8-9,11H2. The van der Waals surface area contributed by atoms with Crippen LogP contribution in [0.3, 0.4) is 0 Å². The average molecular weight is 276 g/mol. The van der Waals surface area contributed by atoms with Gasteiger partial charge in [-0.2, -0.15) is 0 Å². The van der Waals surface area contributed by atoms with Crippen molar-refractivity contribution < 1.29 is 4.74 Å². The summed E-state index contributed by atoms with van der Waals surface area (Å²) in [5, 5.41) is 1.67. The van der Waals surface area contributed by atoms with Crippen molar-refractivity contribution in [1.29, 1.82) is 0 Å². The molecule has 1 heterocycles. The highest BCUT2D eigenvalue weighted by Gasteiger charge is 2.16. The van der Waals surface area contributed by atoms with E-state index < -0.39 is 0 Å². The smallest absolute Gasteiger partial charge is 0.135 e. The zero-order chi connectivity index (χ0) is 13.1. The fourth-order valence-corrected chi connectivity index (χ4v) is 2.65. The lowest BCUT2D eigenvalue weighted by Gasteiger charge is -2.24. The van der Waals surface area contributed by atoms with E-state index in [1.54, 1.807) is 0 Å². The van der Waals surface area contributed by atoms with Crippen LogP contribution in [0.25, 0.3) is 10.9 Å². The maximum Gasteiger partial charge on any atom is 0.135 e. The van der Waals surface area contributed by atoms with E-state index in [2.05, 4.69) is 17.1 Å². The normalized spacial score (nSPS) is 15.6. The van der Waals surface area contributed by atoms with E-state index in [-0.39, 0.29) is 0 Å². The fraction of sp³-hybridized carbons (Fsp3) is 0.438. The summed E-state index contributed by atoms with van der Waals surface area (Å²) >= 11 is 6.19. The second-order valence-corrected chi connectivity index (χ2v) is 5.63. The van der Waals surface area contributed by atoms with Crippen LogP contribution in [-0.4, -0.2) is 11.6 Å². The van der Waals surface area contributed by atoms with Gasteiger partial charge in [-0.3, -0.25) is 0 Å². The van der Waals surface area contributed by atoms with Crippen molar-refractivity contribution in [3.05, 3.63) is 41.0 Å². The van der Waals surface area contributed by atoms with Gasteiger partial charge in [-0.15, -0.1) is 0 Å². The largest absolute Gasteiger partial charge is 0.377 e. The number of nitrogens with zero attached hydrogens (tertiary/aromatic N) is 1. The predicted octanol–water partition coefficient (Wildman–Crippen LogP) is 4.60. The van der Waals surface area contributed by atoms with Crippen LogP contribution in [0.1, 0.15) is 31.2 Å². The first-order valence-corrected chi connectivity index (χ1v) is 7.32. The van der Waals surface area contributed by atoms with Crippen LogP contribution in [0.5, 0.6) is 0 Å². The Morgan fingerprint density at radius 1 is 1.26 bits per heavy atom. The number of hydrogen-bond donors (Lipinski definition) is 0. The van der Waals surface area contributed by atoms with E-state index in [0.29, 0.717) is 11.8 Å². The van der Waals surface area contributed by atoms with Gasteiger partial charge in [-0.1, -0.05) is 49.1 Å². The molecule has 1 fully saturated rings. The third kappa shape index (κ3) is 3.07. The van der Waals surface area contributed by atoms with E-state index in [1.807, 2.05) is 18.2 Å². The number of benzene rings is 1. The van der Waals surface area contributed by atoms with Crippen molar-refractivity contribution in [1.82, 2.24) is 4.98 Å². The number of hydrogen-bond acceptors (Lipinski definition) is 2. The fourth-order valence-electron chi connectivity index (χ4n) is 2.45. The molecule has 1 aromatic heterocycles. The summed E-state index contributed by atoms with van der Waals surface area (Å²) in [6.45, 7) is 1.39. The van der Waals surface area contributed by atoms with Gasteiger partial charge in [0.2, 0.25) is 0 Å². The number of halogens is 1. The molecule has 1 aliphatic carbocycles. The summed E-state index contributed by atoms with van der Waals surface area (Å²) in [7, 11) is 0. The Bertz CT molecular complexity index is 566. The number of para-hydroxylation sites is 1. The highest BCUT2D eigenvalue weighted by atomic mass is 35.5. The second kappa shape index (κ2) is 5.89. The molecule has 2 nitrogen and oxygen atoms in total. The molecule has 0 amide bonds. The van der Waals surface area contributed by atoms with Gasteiger partial charge < -0.3 is 4.74 Å². The maximum absolute atomic E-state index is 6.19. The Kier molecular flexibility index (Phi) is 4.00. The molecular formula is C16H18ClNO. The summed E-state index contributed by atoms with van der Waals surface area (Å²) in [6.07, 6.45) is 5.33. The van der Waals surface area contributed by atoms with Gasteiger partial charge in [-0.25, -0.2) is 4.98 Å². The van der Waals surface area contributed by atoms with Crippen LogP contribution in [0.15, 0.2) is 30.3 Å². The first kappa shape index (κ1) is 12.9. The molecule has 100 valence electrons. The Morgan fingerprint density at radius 2 is 2.11 bits per heavy atom. The summed E-state index contributed by atoms with van der Waals surface area (Å²) in [4.78, 5) is 4.40. The number of fused-ring (bicyclic) bond motifs is 1. The van der Waals surface area contributed by atoms with Gasteiger partial charge in [-0.05, 0) is 24.5 Å². The second-order valence-electron chi connectivity index (χ2n) is 5.27. The van der Waals surface area contributed by atoms with Crippen molar-refractivity contribution in [3.63, 3.8) is 0 Å². The molecule has 1 saturated carbocycles. The van der Waals surface area contributed by atoms with Gasteiger partial charge in [0, 0.05) is 17.6 Å². The monoisotopic (exact) mass is 275 g/mol. The molecule has 1 aliphatic rings. The predicted molar refractivity (Wildman–Crippen MR) is 78.4 cm³/mol. The maximum atomic E-state index is 6.19. The third-order valence-electron chi connectivity index (χ3n) is 3.90. The first-order valence-electron chi connectivity index (χ1n) is 6.95. The Balaban J connectivity index is 1.61. The Labute approximate surface area is 118 Å². The van der Waals surface area contributed by atoms with Gasteiger partial charge >= 0.3 is 0 Å². The van der Waals surface area contributed by atoms with E-state index >= 15 is 0 Å². The molecular weight excluding hydrogens is 258 g/mol. The third-order valence-corrected chi connectivity index (χ3v) is 4.23. The molecule has 0 spiro atoms. The molecule has 0 aliphatic heterocycles. The van der Waals surface area contributed by atoms with E-state index in [1.165, 1.54) is 25.7 Å². The topological polar surface area (TPSA) is 22.1 Å².